The van der Waals surface area contributed by atoms with Crippen molar-refractivity contribution >= 4 is 28.7 Å². The van der Waals surface area contributed by atoms with Crippen molar-refractivity contribution in [2.75, 3.05) is 12.3 Å². The van der Waals surface area contributed by atoms with E-state index in [1.165, 1.54) is 12.7 Å². The highest BCUT2D eigenvalue weighted by Gasteiger charge is 2.55. The number of nitrogen functional groups attached to an aromatic ring is 1. The summed E-state index contributed by atoms with van der Waals surface area (Å²) >= 11 is 0. The van der Waals surface area contributed by atoms with Crippen LogP contribution >= 0.6 is 0 Å². The Morgan fingerprint density at radius 1 is 0.943 bits per heavy atom. The molecule has 2 fully saturated rings. The number of hydrogen-bond donors (Lipinski definition) is 2. The second-order valence-corrected chi connectivity index (χ2v) is 13.0. The summed E-state index contributed by atoms with van der Waals surface area (Å²) in [7, 11) is 0. The molecule has 2 saturated heterocycles. The molecule has 5 heterocycles. The molecule has 0 unspecified atom stereocenters. The molecule has 3 N–H and O–H groups in total. The van der Waals surface area contributed by atoms with Crippen LogP contribution in [0.2, 0.25) is 0 Å². The van der Waals surface area contributed by atoms with Gasteiger partial charge in [0.25, 0.3) is 11.7 Å². The molecule has 2 aromatic heterocycles. The van der Waals surface area contributed by atoms with E-state index in [-0.39, 0.29) is 29.4 Å². The van der Waals surface area contributed by atoms with Crippen molar-refractivity contribution in [2.24, 2.45) is 0 Å². The van der Waals surface area contributed by atoms with Crippen LogP contribution in [-0.4, -0.2) is 68.0 Å². The van der Waals surface area contributed by atoms with Crippen LogP contribution < -0.4 is 20.5 Å². The minimum Gasteiger partial charge on any atom is -0.440 e. The molecule has 53 heavy (non-hydrogen) atoms. The maximum Gasteiger partial charge on any atom is 0.454 e. The van der Waals surface area contributed by atoms with Crippen molar-refractivity contribution in [1.82, 2.24) is 24.8 Å². The Balaban J connectivity index is 1.06. The number of nitrogens with one attached hydrogen (secondary N) is 1. The van der Waals surface area contributed by atoms with Gasteiger partial charge in [-0.25, -0.2) is 15.0 Å². The lowest BCUT2D eigenvalue weighted by Crippen LogP contribution is -2.37. The third-order valence-electron chi connectivity index (χ3n) is 9.06. The molecule has 1 amide bonds. The van der Waals surface area contributed by atoms with E-state index in [4.69, 9.17) is 29.4 Å². The first-order chi connectivity index (χ1) is 25.3. The number of nitrogens with zero attached hydrogens (tertiary/aromatic N) is 4. The molecule has 0 saturated carbocycles. The van der Waals surface area contributed by atoms with Gasteiger partial charge in [-0.15, -0.1) is 0 Å². The van der Waals surface area contributed by atoms with Gasteiger partial charge < -0.3 is 34.7 Å². The summed E-state index contributed by atoms with van der Waals surface area (Å²) in [6.45, 7) is 3.47. The molecule has 0 aliphatic carbocycles. The smallest absolute Gasteiger partial charge is 0.440 e. The van der Waals surface area contributed by atoms with Crippen LogP contribution in [0, 0.1) is 0 Å². The Hall–Kier alpha value is -5.84. The molecule has 4 atom stereocenters. The molecule has 5 aromatic rings. The van der Waals surface area contributed by atoms with Gasteiger partial charge in [0.1, 0.15) is 30.2 Å². The van der Waals surface area contributed by atoms with Crippen LogP contribution in [0.3, 0.4) is 0 Å². The number of nitrogens with two attached hydrogens (primary N) is 1. The fourth-order valence-electron chi connectivity index (χ4n) is 6.78. The van der Waals surface area contributed by atoms with Crippen molar-refractivity contribution in [3.8, 4) is 11.5 Å². The molecule has 3 aromatic carbocycles. The lowest BCUT2D eigenvalue weighted by molar-refractivity contribution is -0.191. The number of carbonyl (C=O) groups is 2. The third kappa shape index (κ3) is 6.03. The molecule has 8 rings (SSSR count). The van der Waals surface area contributed by atoms with E-state index in [9.17, 15) is 22.8 Å². The lowest BCUT2D eigenvalue weighted by Gasteiger charge is -2.28. The van der Waals surface area contributed by atoms with Crippen LogP contribution in [-0.2, 0) is 20.0 Å². The number of benzene rings is 3. The average molecular weight is 729 g/mol. The summed E-state index contributed by atoms with van der Waals surface area (Å²) in [6, 6.07) is 19.3. The molecule has 3 aliphatic heterocycles. The molecule has 0 bridgehead atoms. The van der Waals surface area contributed by atoms with Crippen molar-refractivity contribution in [1.29, 1.82) is 0 Å². The molecule has 0 radical (unpaired) electrons. The Labute approximate surface area is 299 Å². The van der Waals surface area contributed by atoms with Gasteiger partial charge in [0.15, 0.2) is 35.0 Å². The number of aromatic nitrogens is 4. The van der Waals surface area contributed by atoms with E-state index in [0.717, 1.165) is 12.1 Å². The Kier molecular flexibility index (Phi) is 8.20. The number of ether oxygens (including phenoxy) is 5. The zero-order chi connectivity index (χ0) is 37.1. The number of fused-ring (bicyclic) bond motifs is 3. The van der Waals surface area contributed by atoms with Gasteiger partial charge >= 0.3 is 12.0 Å². The lowest BCUT2D eigenvalue weighted by atomic mass is 9.97. The minimum absolute atomic E-state index is 0.0850. The number of ketones is 1. The van der Waals surface area contributed by atoms with Crippen molar-refractivity contribution in [2.45, 2.75) is 56.1 Å². The van der Waals surface area contributed by atoms with Crippen LogP contribution in [0.15, 0.2) is 97.6 Å². The predicted octanol–water partition coefficient (Wildman–Crippen LogP) is 5.23. The zero-order valence-corrected chi connectivity index (χ0v) is 28.1. The first-order valence-electron chi connectivity index (χ1n) is 16.5. The quantitative estimate of drug-likeness (QED) is 0.159. The molecule has 16 heteroatoms. The maximum absolute atomic E-state index is 13.8. The molecular formula is C37H31F3N6O7. The fraction of sp³-hybridized carbons (Fsp3) is 0.270. The summed E-state index contributed by atoms with van der Waals surface area (Å²) in [5.74, 6) is -5.67. The number of amides is 1. The number of imidazole rings is 1. The molecule has 3 aliphatic rings. The van der Waals surface area contributed by atoms with Crippen LogP contribution in [0.25, 0.3) is 11.2 Å². The SMILES string of the molecule is CC1(C)O[C@@H]2[C@H](O1)[C@@H](C=CCNC(=O)c1cc(C(=O)C(F)(F)F)cc3c1OC(c1ccccc1)(c1ccccc1)O3)O[C@H]2n1cnc2c(N)ncnc21. The molecule has 0 spiro atoms. The standard InChI is InChI=1S/C37H31F3N6O7/c1-35(2)51-28-24(49-34(29(28)52-35)46-19-45-26-31(41)43-18-44-32(26)46)14-9-15-42-33(48)23-16-20(30(47)37(38,39)40)17-25-27(23)53-36(50-25,21-10-5-3-6-11-21)22-12-7-4-8-13-22/h3-14,16-19,24,28-29,34H,15H2,1-2H3,(H,42,48)(H2,41,43,44)/t24-,28-,29-,34-/m1/s1. The van der Waals surface area contributed by atoms with Gasteiger partial charge in [0.2, 0.25) is 0 Å². The number of rotatable bonds is 8. The molecule has 13 nitrogen and oxygen atoms in total. The number of halogens is 3. The highest BCUT2D eigenvalue weighted by molar-refractivity contribution is 6.05. The Morgan fingerprint density at radius 2 is 1.62 bits per heavy atom. The Bertz CT molecular complexity index is 2210. The molecule has 272 valence electrons. The molecular weight excluding hydrogens is 697 g/mol. The van der Waals surface area contributed by atoms with Gasteiger partial charge in [-0.05, 0) is 26.0 Å². The first kappa shape index (κ1) is 34.3. The average Bonchev–Trinajstić information content (AvgIpc) is 3.90. The van der Waals surface area contributed by atoms with Crippen molar-refractivity contribution in [3.63, 3.8) is 0 Å². The number of alkyl halides is 3. The van der Waals surface area contributed by atoms with Crippen LogP contribution in [0.4, 0.5) is 19.0 Å². The first-order valence-corrected chi connectivity index (χ1v) is 16.5. The second-order valence-electron chi connectivity index (χ2n) is 13.0. The van der Waals surface area contributed by atoms with Gasteiger partial charge in [-0.1, -0.05) is 72.8 Å². The minimum atomic E-state index is -5.21. The monoisotopic (exact) mass is 728 g/mol. The largest absolute Gasteiger partial charge is 0.454 e. The van der Waals surface area contributed by atoms with E-state index < -0.39 is 59.5 Å². The second kappa shape index (κ2) is 12.7. The van der Waals surface area contributed by atoms with E-state index in [2.05, 4.69) is 20.3 Å². The van der Waals surface area contributed by atoms with Crippen molar-refractivity contribution < 1.29 is 46.4 Å². The summed E-state index contributed by atoms with van der Waals surface area (Å²) < 4.78 is 74.1. The van der Waals surface area contributed by atoms with E-state index in [0.29, 0.717) is 22.3 Å². The fourth-order valence-corrected chi connectivity index (χ4v) is 6.78. The van der Waals surface area contributed by atoms with Gasteiger partial charge in [0.05, 0.1) is 11.9 Å². The van der Waals surface area contributed by atoms with Gasteiger partial charge in [-0.2, -0.15) is 13.2 Å². The maximum atomic E-state index is 13.8. The zero-order valence-electron chi connectivity index (χ0n) is 28.1. The Morgan fingerprint density at radius 3 is 2.30 bits per heavy atom. The normalized spacial score (nSPS) is 22.7. The van der Waals surface area contributed by atoms with E-state index >= 15 is 0 Å². The third-order valence-corrected chi connectivity index (χ3v) is 9.06. The number of carbonyl (C=O) groups excluding carboxylic acids is 2. The topological polar surface area (TPSA) is 162 Å². The summed E-state index contributed by atoms with van der Waals surface area (Å²) in [5.41, 5.74) is 6.74. The summed E-state index contributed by atoms with van der Waals surface area (Å²) in [6.07, 6.45) is -1.52. The van der Waals surface area contributed by atoms with Crippen LogP contribution in [0.5, 0.6) is 11.5 Å². The van der Waals surface area contributed by atoms with Gasteiger partial charge in [-0.3, -0.25) is 14.2 Å². The highest BCUT2D eigenvalue weighted by Crippen LogP contribution is 2.50. The summed E-state index contributed by atoms with van der Waals surface area (Å²) in [5, 5.41) is 2.68. The number of anilines is 1. The predicted molar refractivity (Wildman–Crippen MR) is 181 cm³/mol. The number of hydrogen-bond acceptors (Lipinski definition) is 11. The van der Waals surface area contributed by atoms with Crippen LogP contribution in [0.1, 0.15) is 51.9 Å². The van der Waals surface area contributed by atoms with Gasteiger partial charge in [0, 0.05) is 23.2 Å². The summed E-state index contributed by atoms with van der Waals surface area (Å²) in [4.78, 5) is 38.8. The highest BCUT2D eigenvalue weighted by atomic mass is 19.4. The van der Waals surface area contributed by atoms with E-state index in [1.54, 1.807) is 91.2 Å². The van der Waals surface area contributed by atoms with E-state index in [1.807, 2.05) is 0 Å². The van der Waals surface area contributed by atoms with Crippen molar-refractivity contribution in [3.05, 3.63) is 120 Å². The number of Topliss-reactive ketones (excluding diaryl/α,β-unsaturated/α-hetero) is 1.